The molecule has 1 aromatic heterocycles. The van der Waals surface area contributed by atoms with Crippen molar-refractivity contribution in [1.82, 2.24) is 19.8 Å². The standard InChI is InChI=1S/C27H29N5O6S2/c1-17(33)32-14-13-21-22(16-32)39-26(23(21)25(35)30-27(36)28-2)29-24(34)19-9-11-20(12-10-19)40(37,38)31(3)15-18-7-5-4-6-8-18/h4-12H,13-16H2,1-3H3,(H,29,34)(H2,28,30,35,36). The molecule has 3 N–H and O–H groups in total. The van der Waals surface area contributed by atoms with Crippen molar-refractivity contribution < 1.29 is 27.6 Å². The van der Waals surface area contributed by atoms with E-state index >= 15 is 0 Å². The Morgan fingerprint density at radius 2 is 1.68 bits per heavy atom. The van der Waals surface area contributed by atoms with E-state index in [1.54, 1.807) is 4.90 Å². The summed E-state index contributed by atoms with van der Waals surface area (Å²) in [5, 5.41) is 7.54. The van der Waals surface area contributed by atoms with E-state index in [9.17, 15) is 27.6 Å². The summed E-state index contributed by atoms with van der Waals surface area (Å²) in [4.78, 5) is 52.2. The molecule has 1 aliphatic heterocycles. The SMILES string of the molecule is CNC(=O)NC(=O)c1c(NC(=O)c2ccc(S(=O)(=O)N(C)Cc3ccccc3)cc2)sc2c1CCN(C(C)=O)C2. The van der Waals surface area contributed by atoms with E-state index in [0.29, 0.717) is 18.5 Å². The number of rotatable bonds is 7. The fourth-order valence-electron chi connectivity index (χ4n) is 4.29. The number of sulfonamides is 1. The van der Waals surface area contributed by atoms with Gasteiger partial charge in [-0.1, -0.05) is 30.3 Å². The molecular formula is C27H29N5O6S2. The number of carbonyl (C=O) groups is 4. The minimum Gasteiger partial charge on any atom is -0.341 e. The number of amides is 5. The highest BCUT2D eigenvalue weighted by molar-refractivity contribution is 7.89. The monoisotopic (exact) mass is 583 g/mol. The molecule has 0 atom stereocenters. The highest BCUT2D eigenvalue weighted by Crippen LogP contribution is 2.37. The molecule has 1 aliphatic rings. The van der Waals surface area contributed by atoms with Gasteiger partial charge in [-0.15, -0.1) is 11.3 Å². The summed E-state index contributed by atoms with van der Waals surface area (Å²) < 4.78 is 27.3. The zero-order valence-electron chi connectivity index (χ0n) is 22.2. The second-order valence-corrected chi connectivity index (χ2v) is 12.3. The van der Waals surface area contributed by atoms with Crippen LogP contribution in [0.1, 0.15) is 43.6 Å². The molecule has 0 spiro atoms. The van der Waals surface area contributed by atoms with E-state index in [0.717, 1.165) is 21.8 Å². The molecule has 11 nitrogen and oxygen atoms in total. The van der Waals surface area contributed by atoms with E-state index in [2.05, 4.69) is 16.0 Å². The normalized spacial score (nSPS) is 12.9. The molecule has 0 fully saturated rings. The first-order chi connectivity index (χ1) is 19.0. The summed E-state index contributed by atoms with van der Waals surface area (Å²) in [5.41, 5.74) is 1.86. The second-order valence-electron chi connectivity index (χ2n) is 9.16. The molecule has 40 heavy (non-hydrogen) atoms. The van der Waals surface area contributed by atoms with Crippen molar-refractivity contribution in [2.24, 2.45) is 0 Å². The predicted octanol–water partition coefficient (Wildman–Crippen LogP) is 2.79. The number of fused-ring (bicyclic) bond motifs is 1. The number of thiophene rings is 1. The zero-order valence-corrected chi connectivity index (χ0v) is 23.8. The molecule has 2 aromatic carbocycles. The highest BCUT2D eigenvalue weighted by Gasteiger charge is 2.30. The van der Waals surface area contributed by atoms with Gasteiger partial charge in [-0.2, -0.15) is 4.31 Å². The topological polar surface area (TPSA) is 145 Å². The van der Waals surface area contributed by atoms with Gasteiger partial charge in [-0.25, -0.2) is 13.2 Å². The molecule has 4 rings (SSSR count). The van der Waals surface area contributed by atoms with Crippen LogP contribution in [0.4, 0.5) is 9.80 Å². The number of hydrogen-bond donors (Lipinski definition) is 3. The van der Waals surface area contributed by atoms with Crippen molar-refractivity contribution in [3.05, 3.63) is 81.7 Å². The maximum Gasteiger partial charge on any atom is 0.321 e. The lowest BCUT2D eigenvalue weighted by molar-refractivity contribution is -0.129. The number of nitrogens with zero attached hydrogens (tertiary/aromatic N) is 2. The van der Waals surface area contributed by atoms with Crippen molar-refractivity contribution in [2.45, 2.75) is 31.3 Å². The number of hydrogen-bond acceptors (Lipinski definition) is 7. The second kappa shape index (κ2) is 12.0. The lowest BCUT2D eigenvalue weighted by Gasteiger charge is -2.26. The molecular weight excluding hydrogens is 554 g/mol. The molecule has 0 aliphatic carbocycles. The van der Waals surface area contributed by atoms with Gasteiger partial charge in [0.05, 0.1) is 17.0 Å². The van der Waals surface area contributed by atoms with Crippen molar-refractivity contribution in [1.29, 1.82) is 0 Å². The van der Waals surface area contributed by atoms with Gasteiger partial charge in [0.1, 0.15) is 5.00 Å². The summed E-state index contributed by atoms with van der Waals surface area (Å²) >= 11 is 1.16. The van der Waals surface area contributed by atoms with Gasteiger partial charge in [0, 0.05) is 44.5 Å². The van der Waals surface area contributed by atoms with Crippen LogP contribution in [0.15, 0.2) is 59.5 Å². The molecule has 3 aromatic rings. The summed E-state index contributed by atoms with van der Waals surface area (Å²) in [5.74, 6) is -1.34. The first-order valence-electron chi connectivity index (χ1n) is 12.4. The number of anilines is 1. The minimum atomic E-state index is -3.80. The number of urea groups is 1. The third-order valence-electron chi connectivity index (χ3n) is 6.48. The van der Waals surface area contributed by atoms with Crippen LogP contribution in [0.3, 0.4) is 0 Å². The Labute approximate surface area is 236 Å². The smallest absolute Gasteiger partial charge is 0.321 e. The van der Waals surface area contributed by atoms with E-state index < -0.39 is 27.9 Å². The van der Waals surface area contributed by atoms with E-state index in [1.165, 1.54) is 49.6 Å². The lowest BCUT2D eigenvalue weighted by atomic mass is 10.0. The van der Waals surface area contributed by atoms with E-state index in [1.807, 2.05) is 30.3 Å². The number of nitrogens with one attached hydrogen (secondary N) is 3. The zero-order chi connectivity index (χ0) is 29.0. The first kappa shape index (κ1) is 28.9. The average Bonchev–Trinajstić information content (AvgIpc) is 3.30. The number of carbonyl (C=O) groups excluding carboxylic acids is 4. The summed E-state index contributed by atoms with van der Waals surface area (Å²) in [6, 6.07) is 14.0. The third kappa shape index (κ3) is 6.22. The largest absolute Gasteiger partial charge is 0.341 e. The molecule has 0 saturated carbocycles. The highest BCUT2D eigenvalue weighted by atomic mass is 32.2. The van der Waals surface area contributed by atoms with Gasteiger partial charge in [-0.05, 0) is 41.8 Å². The van der Waals surface area contributed by atoms with Crippen LogP contribution in [-0.4, -0.2) is 62.0 Å². The molecule has 13 heteroatoms. The minimum absolute atomic E-state index is 0.0315. The fourth-order valence-corrected chi connectivity index (χ4v) is 6.70. The van der Waals surface area contributed by atoms with Crippen LogP contribution in [0.2, 0.25) is 0 Å². The fraction of sp³-hybridized carbons (Fsp3) is 0.259. The quantitative estimate of drug-likeness (QED) is 0.390. The van der Waals surface area contributed by atoms with Gasteiger partial charge < -0.3 is 15.5 Å². The predicted molar refractivity (Wildman–Crippen MR) is 151 cm³/mol. The Morgan fingerprint density at radius 3 is 2.30 bits per heavy atom. The molecule has 2 heterocycles. The van der Waals surface area contributed by atoms with Crippen LogP contribution >= 0.6 is 11.3 Å². The Kier molecular flexibility index (Phi) is 8.67. The molecule has 0 saturated heterocycles. The molecule has 0 bridgehead atoms. The first-order valence-corrected chi connectivity index (χ1v) is 14.6. The van der Waals surface area contributed by atoms with E-state index in [4.69, 9.17) is 0 Å². The summed E-state index contributed by atoms with van der Waals surface area (Å²) in [7, 11) is -0.941. The van der Waals surface area contributed by atoms with E-state index in [-0.39, 0.29) is 40.0 Å². The van der Waals surface area contributed by atoms with Crippen LogP contribution < -0.4 is 16.0 Å². The van der Waals surface area contributed by atoms with Crippen LogP contribution in [0.25, 0.3) is 0 Å². The molecule has 5 amide bonds. The lowest BCUT2D eigenvalue weighted by Crippen LogP contribution is -2.39. The third-order valence-corrected chi connectivity index (χ3v) is 9.43. The summed E-state index contributed by atoms with van der Waals surface area (Å²) in [6.07, 6.45) is 0.390. The van der Waals surface area contributed by atoms with Crippen LogP contribution in [0.5, 0.6) is 0 Å². The Morgan fingerprint density at radius 1 is 1.00 bits per heavy atom. The Hall–Kier alpha value is -4.07. The number of imide groups is 1. The van der Waals surface area contributed by atoms with Crippen LogP contribution in [0, 0.1) is 0 Å². The van der Waals surface area contributed by atoms with Crippen molar-refractivity contribution in [2.75, 3.05) is 26.0 Å². The maximum atomic E-state index is 13.1. The maximum absolute atomic E-state index is 13.1. The average molecular weight is 584 g/mol. The van der Waals surface area contributed by atoms with Gasteiger partial charge >= 0.3 is 6.03 Å². The van der Waals surface area contributed by atoms with Gasteiger partial charge in [0.15, 0.2) is 0 Å². The molecule has 0 unspecified atom stereocenters. The van der Waals surface area contributed by atoms with Crippen molar-refractivity contribution in [3.63, 3.8) is 0 Å². The molecule has 0 radical (unpaired) electrons. The van der Waals surface area contributed by atoms with Gasteiger partial charge in [0.25, 0.3) is 11.8 Å². The summed E-state index contributed by atoms with van der Waals surface area (Å²) in [6.45, 7) is 2.34. The Balaban J connectivity index is 1.56. The van der Waals surface area contributed by atoms with Gasteiger partial charge in [0.2, 0.25) is 15.9 Å². The Bertz CT molecular complexity index is 1550. The van der Waals surface area contributed by atoms with Crippen molar-refractivity contribution >= 4 is 50.1 Å². The van der Waals surface area contributed by atoms with Crippen molar-refractivity contribution in [3.8, 4) is 0 Å². The number of benzene rings is 2. The molecule has 210 valence electrons. The van der Waals surface area contributed by atoms with Crippen LogP contribution in [-0.2, 0) is 34.3 Å². The van der Waals surface area contributed by atoms with Gasteiger partial charge in [-0.3, -0.25) is 19.7 Å².